The fourth-order valence-corrected chi connectivity index (χ4v) is 2.42. The second-order valence-corrected chi connectivity index (χ2v) is 5.01. The number of nitrogens with one attached hydrogen (secondary N) is 1. The molecule has 1 aromatic carbocycles. The van der Waals surface area contributed by atoms with E-state index in [9.17, 15) is 4.79 Å². The van der Waals surface area contributed by atoms with Crippen molar-refractivity contribution in [3.05, 3.63) is 29.8 Å². The molecule has 1 aromatic rings. The molecule has 1 aliphatic heterocycles. The van der Waals surface area contributed by atoms with Crippen molar-refractivity contribution in [3.63, 3.8) is 0 Å². The van der Waals surface area contributed by atoms with Gasteiger partial charge in [-0.05, 0) is 24.5 Å². The Bertz CT molecular complexity index is 434. The molecule has 1 aliphatic rings. The summed E-state index contributed by atoms with van der Waals surface area (Å²) >= 11 is 0. The Morgan fingerprint density at radius 1 is 1.53 bits per heavy atom. The van der Waals surface area contributed by atoms with Crippen LogP contribution < -0.4 is 15.8 Å². The molecule has 4 heteroatoms. The van der Waals surface area contributed by atoms with Gasteiger partial charge in [0.05, 0.1) is 12.6 Å². The number of amides is 1. The van der Waals surface area contributed by atoms with Gasteiger partial charge in [-0.1, -0.05) is 31.5 Å². The van der Waals surface area contributed by atoms with Crippen LogP contribution >= 0.6 is 0 Å². The molecule has 104 valence electrons. The molecule has 2 atom stereocenters. The molecule has 0 radical (unpaired) electrons. The number of rotatable bonds is 5. The average molecular weight is 262 g/mol. The van der Waals surface area contributed by atoms with E-state index in [0.717, 1.165) is 25.0 Å². The summed E-state index contributed by atoms with van der Waals surface area (Å²) < 4.78 is 5.61. The van der Waals surface area contributed by atoms with Gasteiger partial charge in [0.2, 0.25) is 5.91 Å². The zero-order chi connectivity index (χ0) is 13.7. The Kier molecular flexibility index (Phi) is 4.80. The van der Waals surface area contributed by atoms with Crippen LogP contribution in [-0.4, -0.2) is 25.1 Å². The van der Waals surface area contributed by atoms with Gasteiger partial charge >= 0.3 is 0 Å². The first-order valence-electron chi connectivity index (χ1n) is 6.97. The Morgan fingerprint density at radius 2 is 2.32 bits per heavy atom. The first kappa shape index (κ1) is 13.9. The van der Waals surface area contributed by atoms with Gasteiger partial charge in [-0.2, -0.15) is 0 Å². The molecule has 3 N–H and O–H groups in total. The minimum Gasteiger partial charge on any atom is -0.493 e. The van der Waals surface area contributed by atoms with Crippen molar-refractivity contribution in [3.8, 4) is 5.75 Å². The lowest BCUT2D eigenvalue weighted by Gasteiger charge is -2.26. The molecule has 0 bridgehead atoms. The number of hydrogen-bond acceptors (Lipinski definition) is 3. The smallest absolute Gasteiger partial charge is 0.236 e. The molecule has 1 heterocycles. The van der Waals surface area contributed by atoms with E-state index < -0.39 is 0 Å². The summed E-state index contributed by atoms with van der Waals surface area (Å²) in [7, 11) is 0. The third-order valence-corrected chi connectivity index (χ3v) is 3.54. The summed E-state index contributed by atoms with van der Waals surface area (Å²) in [5.41, 5.74) is 6.98. The lowest BCUT2D eigenvalue weighted by atomic mass is 9.93. The summed E-state index contributed by atoms with van der Waals surface area (Å²) in [6.07, 6.45) is 2.59. The monoisotopic (exact) mass is 262 g/mol. The highest BCUT2D eigenvalue weighted by Gasteiger charge is 2.22. The van der Waals surface area contributed by atoms with Gasteiger partial charge in [0.15, 0.2) is 0 Å². The fraction of sp³-hybridized carbons (Fsp3) is 0.533. The molecule has 0 spiro atoms. The summed E-state index contributed by atoms with van der Waals surface area (Å²) in [5.74, 6) is 1.21. The second kappa shape index (κ2) is 6.57. The molecule has 19 heavy (non-hydrogen) atoms. The van der Waals surface area contributed by atoms with Crippen LogP contribution in [0.25, 0.3) is 0 Å². The quantitative estimate of drug-likeness (QED) is 0.850. The summed E-state index contributed by atoms with van der Waals surface area (Å²) in [5, 5.41) is 2.96. The predicted octanol–water partition coefficient (Wildman–Crippen LogP) is 1.80. The minimum atomic E-state index is -0.389. The summed E-state index contributed by atoms with van der Waals surface area (Å²) in [6, 6.07) is 7.63. The maximum Gasteiger partial charge on any atom is 0.236 e. The first-order chi connectivity index (χ1) is 9.22. The van der Waals surface area contributed by atoms with Crippen LogP contribution in [0.3, 0.4) is 0 Å². The number of fused-ring (bicyclic) bond motifs is 1. The van der Waals surface area contributed by atoms with Crippen molar-refractivity contribution in [2.75, 3.05) is 13.2 Å². The van der Waals surface area contributed by atoms with E-state index in [4.69, 9.17) is 10.5 Å². The van der Waals surface area contributed by atoms with Crippen LogP contribution in [0.1, 0.15) is 37.7 Å². The van der Waals surface area contributed by atoms with Gasteiger partial charge in [0.25, 0.3) is 0 Å². The van der Waals surface area contributed by atoms with Crippen LogP contribution in [0.2, 0.25) is 0 Å². The minimum absolute atomic E-state index is 0.0502. The zero-order valence-corrected chi connectivity index (χ0v) is 11.4. The van der Waals surface area contributed by atoms with Crippen molar-refractivity contribution in [2.45, 2.75) is 38.1 Å². The molecule has 2 rings (SSSR count). The highest BCUT2D eigenvalue weighted by atomic mass is 16.5. The van der Waals surface area contributed by atoms with Crippen molar-refractivity contribution < 1.29 is 9.53 Å². The molecule has 1 amide bonds. The van der Waals surface area contributed by atoms with Gasteiger partial charge < -0.3 is 15.8 Å². The van der Waals surface area contributed by atoms with Crippen LogP contribution in [0.4, 0.5) is 0 Å². The van der Waals surface area contributed by atoms with Gasteiger partial charge in [-0.3, -0.25) is 4.79 Å². The topological polar surface area (TPSA) is 64.4 Å². The van der Waals surface area contributed by atoms with E-state index in [1.165, 1.54) is 5.56 Å². The Labute approximate surface area is 114 Å². The fourth-order valence-electron chi connectivity index (χ4n) is 2.42. The van der Waals surface area contributed by atoms with E-state index in [-0.39, 0.29) is 11.9 Å². The number of para-hydroxylation sites is 1. The van der Waals surface area contributed by atoms with Gasteiger partial charge in [0.1, 0.15) is 5.75 Å². The normalized spacial score (nSPS) is 19.2. The highest BCUT2D eigenvalue weighted by molar-refractivity contribution is 5.81. The molecule has 4 nitrogen and oxygen atoms in total. The van der Waals surface area contributed by atoms with E-state index in [0.29, 0.717) is 19.1 Å². The molecule has 0 aliphatic carbocycles. The maximum absolute atomic E-state index is 11.8. The van der Waals surface area contributed by atoms with Gasteiger partial charge in [0, 0.05) is 12.5 Å². The van der Waals surface area contributed by atoms with E-state index in [1.54, 1.807) is 0 Å². The van der Waals surface area contributed by atoms with E-state index >= 15 is 0 Å². The van der Waals surface area contributed by atoms with E-state index in [1.807, 2.05) is 25.1 Å². The Balaban J connectivity index is 1.92. The third kappa shape index (κ3) is 3.47. The van der Waals surface area contributed by atoms with Crippen molar-refractivity contribution in [1.82, 2.24) is 5.32 Å². The maximum atomic E-state index is 11.8. The van der Waals surface area contributed by atoms with Gasteiger partial charge in [-0.25, -0.2) is 0 Å². The Morgan fingerprint density at radius 3 is 3.11 bits per heavy atom. The molecule has 0 fully saturated rings. The van der Waals surface area contributed by atoms with Gasteiger partial charge in [-0.15, -0.1) is 0 Å². The molecule has 0 saturated heterocycles. The van der Waals surface area contributed by atoms with Crippen molar-refractivity contribution in [2.24, 2.45) is 5.73 Å². The number of benzene rings is 1. The number of carbonyl (C=O) groups is 1. The molecule has 2 unspecified atom stereocenters. The standard InChI is InChI=1S/C15H22N2O2/c1-2-5-13(16)15(18)17-10-11-8-9-19-14-7-4-3-6-12(11)14/h3-4,6-7,11,13H,2,5,8-10,16H2,1H3,(H,17,18). The van der Waals surface area contributed by atoms with Crippen molar-refractivity contribution in [1.29, 1.82) is 0 Å². The first-order valence-corrected chi connectivity index (χ1v) is 6.97. The lowest BCUT2D eigenvalue weighted by molar-refractivity contribution is -0.122. The Hall–Kier alpha value is -1.55. The number of hydrogen-bond donors (Lipinski definition) is 2. The summed E-state index contributed by atoms with van der Waals surface area (Å²) in [6.45, 7) is 3.37. The molecule has 0 aromatic heterocycles. The predicted molar refractivity (Wildman–Crippen MR) is 75.2 cm³/mol. The SMILES string of the molecule is CCCC(N)C(=O)NCC1CCOc2ccccc21. The largest absolute Gasteiger partial charge is 0.493 e. The number of ether oxygens (including phenoxy) is 1. The average Bonchev–Trinajstić information content (AvgIpc) is 2.45. The van der Waals surface area contributed by atoms with Crippen LogP contribution in [0.5, 0.6) is 5.75 Å². The lowest BCUT2D eigenvalue weighted by Crippen LogP contribution is -2.42. The molecular weight excluding hydrogens is 240 g/mol. The highest BCUT2D eigenvalue weighted by Crippen LogP contribution is 2.32. The third-order valence-electron chi connectivity index (χ3n) is 3.54. The number of carbonyl (C=O) groups excluding carboxylic acids is 1. The molecule has 0 saturated carbocycles. The summed E-state index contributed by atoms with van der Waals surface area (Å²) in [4.78, 5) is 11.8. The van der Waals surface area contributed by atoms with E-state index in [2.05, 4.69) is 11.4 Å². The second-order valence-electron chi connectivity index (χ2n) is 5.01. The van der Waals surface area contributed by atoms with Crippen molar-refractivity contribution >= 4 is 5.91 Å². The zero-order valence-electron chi connectivity index (χ0n) is 11.4. The number of nitrogens with two attached hydrogens (primary N) is 1. The van der Waals surface area contributed by atoms with Crippen LogP contribution in [0, 0.1) is 0 Å². The van der Waals surface area contributed by atoms with Crippen LogP contribution in [-0.2, 0) is 4.79 Å². The van der Waals surface area contributed by atoms with Crippen LogP contribution in [0.15, 0.2) is 24.3 Å². The molecular formula is C15H22N2O2.